The molecule has 1 aromatic heterocycles. The maximum atomic E-state index is 12.2. The van der Waals surface area contributed by atoms with Crippen LogP contribution in [0.3, 0.4) is 0 Å². The molecule has 23 heavy (non-hydrogen) atoms. The minimum absolute atomic E-state index is 0.0382. The van der Waals surface area contributed by atoms with Crippen molar-refractivity contribution in [1.29, 1.82) is 0 Å². The van der Waals surface area contributed by atoms with Gasteiger partial charge in [-0.3, -0.25) is 4.79 Å². The molecule has 124 valence electrons. The van der Waals surface area contributed by atoms with E-state index in [2.05, 4.69) is 34.0 Å². The molecule has 0 unspecified atom stereocenters. The van der Waals surface area contributed by atoms with Crippen LogP contribution in [-0.4, -0.2) is 21.5 Å². The van der Waals surface area contributed by atoms with Crippen LogP contribution in [0.2, 0.25) is 0 Å². The topological polar surface area (TPSA) is 59.0 Å². The Morgan fingerprint density at radius 3 is 2.57 bits per heavy atom. The highest BCUT2D eigenvalue weighted by Gasteiger charge is 2.13. The van der Waals surface area contributed by atoms with Crippen molar-refractivity contribution in [2.45, 2.75) is 46.8 Å². The van der Waals surface area contributed by atoms with E-state index in [0.717, 1.165) is 17.9 Å². The van der Waals surface area contributed by atoms with Crippen LogP contribution in [0.4, 0.5) is 5.69 Å². The number of anilines is 1. The van der Waals surface area contributed by atoms with Crippen molar-refractivity contribution < 1.29 is 4.79 Å². The normalized spacial score (nSPS) is 12.4. The second-order valence-corrected chi connectivity index (χ2v) is 6.39. The lowest BCUT2D eigenvalue weighted by molar-refractivity contribution is -0.117. The van der Waals surface area contributed by atoms with Gasteiger partial charge in [-0.15, -0.1) is 0 Å². The van der Waals surface area contributed by atoms with E-state index in [0.29, 0.717) is 12.5 Å². The number of hydrogen-bond donors (Lipinski definition) is 2. The summed E-state index contributed by atoms with van der Waals surface area (Å²) in [6.07, 6.45) is 3.69. The number of aromatic nitrogens is 2. The standard InChI is InChI=1S/C18H26N4O/c1-13(2)11-22-12-19-9-17(22)10-20-15(4)18(23)21-16-7-5-14(3)6-8-16/h5-9,12-13,15,20H,10-11H2,1-4H3,(H,21,23)/t15-/m1/s1. The first-order chi connectivity index (χ1) is 11.0. The molecule has 2 rings (SSSR count). The third-order valence-electron chi connectivity index (χ3n) is 3.66. The van der Waals surface area contributed by atoms with Crippen LogP contribution >= 0.6 is 0 Å². The summed E-state index contributed by atoms with van der Waals surface area (Å²) in [5.41, 5.74) is 3.08. The molecule has 0 aliphatic rings. The van der Waals surface area contributed by atoms with E-state index in [1.807, 2.05) is 50.6 Å². The average molecular weight is 314 g/mol. The third kappa shape index (κ3) is 5.21. The monoisotopic (exact) mass is 314 g/mol. The largest absolute Gasteiger partial charge is 0.333 e. The molecule has 1 atom stereocenters. The van der Waals surface area contributed by atoms with Crippen molar-refractivity contribution in [3.63, 3.8) is 0 Å². The minimum Gasteiger partial charge on any atom is -0.333 e. The number of imidazole rings is 1. The lowest BCUT2D eigenvalue weighted by Crippen LogP contribution is -2.38. The van der Waals surface area contributed by atoms with Crippen LogP contribution in [0.5, 0.6) is 0 Å². The van der Waals surface area contributed by atoms with Crippen molar-refractivity contribution >= 4 is 11.6 Å². The van der Waals surface area contributed by atoms with Crippen LogP contribution in [0.25, 0.3) is 0 Å². The molecule has 0 aliphatic carbocycles. The SMILES string of the molecule is Cc1ccc(NC(=O)[C@@H](C)NCc2cncn2CC(C)C)cc1. The summed E-state index contributed by atoms with van der Waals surface area (Å²) in [4.78, 5) is 16.4. The van der Waals surface area contributed by atoms with Gasteiger partial charge in [-0.25, -0.2) is 4.98 Å². The molecule has 0 aliphatic heterocycles. The summed E-state index contributed by atoms with van der Waals surface area (Å²) in [6.45, 7) is 9.79. The summed E-state index contributed by atoms with van der Waals surface area (Å²) >= 11 is 0. The Balaban J connectivity index is 1.86. The second kappa shape index (κ2) is 7.92. The van der Waals surface area contributed by atoms with Gasteiger partial charge >= 0.3 is 0 Å². The Labute approximate surface area is 138 Å². The first kappa shape index (κ1) is 17.2. The zero-order valence-corrected chi connectivity index (χ0v) is 14.3. The molecule has 1 heterocycles. The lowest BCUT2D eigenvalue weighted by atomic mass is 10.2. The van der Waals surface area contributed by atoms with E-state index < -0.39 is 0 Å². The number of carbonyl (C=O) groups excluding carboxylic acids is 1. The molecule has 0 radical (unpaired) electrons. The van der Waals surface area contributed by atoms with Gasteiger partial charge in [0.05, 0.1) is 18.1 Å². The van der Waals surface area contributed by atoms with Gasteiger partial charge in [-0.05, 0) is 31.9 Å². The lowest BCUT2D eigenvalue weighted by Gasteiger charge is -2.16. The first-order valence-corrected chi connectivity index (χ1v) is 8.05. The van der Waals surface area contributed by atoms with Gasteiger partial charge in [-0.2, -0.15) is 0 Å². The van der Waals surface area contributed by atoms with E-state index in [9.17, 15) is 4.79 Å². The van der Waals surface area contributed by atoms with Gasteiger partial charge in [0.25, 0.3) is 0 Å². The zero-order chi connectivity index (χ0) is 16.8. The highest BCUT2D eigenvalue weighted by atomic mass is 16.2. The van der Waals surface area contributed by atoms with Gasteiger partial charge in [0, 0.05) is 25.0 Å². The zero-order valence-electron chi connectivity index (χ0n) is 14.3. The Bertz CT molecular complexity index is 631. The molecule has 1 amide bonds. The van der Waals surface area contributed by atoms with E-state index >= 15 is 0 Å². The molecule has 2 N–H and O–H groups in total. The smallest absolute Gasteiger partial charge is 0.241 e. The highest BCUT2D eigenvalue weighted by Crippen LogP contribution is 2.09. The van der Waals surface area contributed by atoms with E-state index in [-0.39, 0.29) is 11.9 Å². The summed E-state index contributed by atoms with van der Waals surface area (Å²) < 4.78 is 2.13. The maximum absolute atomic E-state index is 12.2. The number of nitrogens with zero attached hydrogens (tertiary/aromatic N) is 2. The summed E-state index contributed by atoms with van der Waals surface area (Å²) in [7, 11) is 0. The Morgan fingerprint density at radius 2 is 1.91 bits per heavy atom. The highest BCUT2D eigenvalue weighted by molar-refractivity contribution is 5.94. The number of hydrogen-bond acceptors (Lipinski definition) is 3. The van der Waals surface area contributed by atoms with Crippen LogP contribution in [0.1, 0.15) is 32.0 Å². The number of benzene rings is 1. The van der Waals surface area contributed by atoms with Gasteiger partial charge in [0.1, 0.15) is 0 Å². The first-order valence-electron chi connectivity index (χ1n) is 8.05. The fourth-order valence-electron chi connectivity index (χ4n) is 2.29. The van der Waals surface area contributed by atoms with Crippen LogP contribution in [-0.2, 0) is 17.9 Å². The van der Waals surface area contributed by atoms with E-state index in [1.54, 1.807) is 0 Å². The fraction of sp³-hybridized carbons (Fsp3) is 0.444. The molecular weight excluding hydrogens is 288 g/mol. The van der Waals surface area contributed by atoms with Gasteiger partial charge in [0.2, 0.25) is 5.91 Å². The number of nitrogens with one attached hydrogen (secondary N) is 2. The van der Waals surface area contributed by atoms with Gasteiger partial charge in [0.15, 0.2) is 0 Å². The molecular formula is C18H26N4O. The molecule has 2 aromatic rings. The number of carbonyl (C=O) groups is 1. The summed E-state index contributed by atoms with van der Waals surface area (Å²) in [5.74, 6) is 0.522. The predicted molar refractivity (Wildman–Crippen MR) is 93.2 cm³/mol. The minimum atomic E-state index is -0.279. The predicted octanol–water partition coefficient (Wildman–Crippen LogP) is 2.96. The molecule has 5 heteroatoms. The van der Waals surface area contributed by atoms with Crippen LogP contribution in [0.15, 0.2) is 36.8 Å². The number of aryl methyl sites for hydroxylation is 1. The summed E-state index contributed by atoms with van der Waals surface area (Å²) in [5, 5.41) is 6.18. The number of amides is 1. The Kier molecular flexibility index (Phi) is 5.93. The number of rotatable bonds is 7. The molecule has 1 aromatic carbocycles. The Hall–Kier alpha value is -2.14. The van der Waals surface area contributed by atoms with Crippen molar-refractivity contribution in [1.82, 2.24) is 14.9 Å². The molecule has 0 bridgehead atoms. The molecule has 0 spiro atoms. The molecule has 5 nitrogen and oxygen atoms in total. The van der Waals surface area contributed by atoms with Gasteiger partial charge in [-0.1, -0.05) is 31.5 Å². The van der Waals surface area contributed by atoms with Crippen molar-refractivity contribution in [2.75, 3.05) is 5.32 Å². The molecule has 0 saturated heterocycles. The molecule has 0 fully saturated rings. The van der Waals surface area contributed by atoms with Crippen molar-refractivity contribution in [2.24, 2.45) is 5.92 Å². The second-order valence-electron chi connectivity index (χ2n) is 6.39. The van der Waals surface area contributed by atoms with E-state index in [4.69, 9.17) is 0 Å². The van der Waals surface area contributed by atoms with Crippen molar-refractivity contribution in [3.05, 3.63) is 48.0 Å². The van der Waals surface area contributed by atoms with Gasteiger partial charge < -0.3 is 15.2 Å². The molecule has 0 saturated carbocycles. The Morgan fingerprint density at radius 1 is 1.22 bits per heavy atom. The fourth-order valence-corrected chi connectivity index (χ4v) is 2.29. The van der Waals surface area contributed by atoms with E-state index in [1.165, 1.54) is 5.56 Å². The third-order valence-corrected chi connectivity index (χ3v) is 3.66. The maximum Gasteiger partial charge on any atom is 0.241 e. The van der Waals surface area contributed by atoms with Crippen molar-refractivity contribution in [3.8, 4) is 0 Å². The van der Waals surface area contributed by atoms with Crippen LogP contribution in [0, 0.1) is 12.8 Å². The van der Waals surface area contributed by atoms with Crippen LogP contribution < -0.4 is 10.6 Å². The average Bonchev–Trinajstić information content (AvgIpc) is 2.93. The quantitative estimate of drug-likeness (QED) is 0.826. The summed E-state index contributed by atoms with van der Waals surface area (Å²) in [6, 6.07) is 7.52.